The third-order valence-corrected chi connectivity index (χ3v) is 8.66. The molecular weight excluding hydrogens is 530 g/mol. The second-order valence-corrected chi connectivity index (χ2v) is 11.1. The first-order valence-corrected chi connectivity index (χ1v) is 13.5. The summed E-state index contributed by atoms with van der Waals surface area (Å²) in [5.74, 6) is -0.146. The molecule has 0 amide bonds. The Morgan fingerprint density at radius 3 is 2.00 bits per heavy atom. The molecule has 0 radical (unpaired) electrons. The molecule has 0 spiro atoms. The van der Waals surface area contributed by atoms with E-state index in [1.54, 1.807) is 54.6 Å². The summed E-state index contributed by atoms with van der Waals surface area (Å²) >= 11 is 6.10. The van der Waals surface area contributed by atoms with Crippen molar-refractivity contribution in [2.45, 2.75) is 30.3 Å². The first-order valence-electron chi connectivity index (χ1n) is 11.7. The van der Waals surface area contributed by atoms with Gasteiger partial charge in [0.05, 0.1) is 43.9 Å². The molecule has 2 unspecified atom stereocenters. The minimum absolute atomic E-state index is 0.0474. The summed E-state index contributed by atoms with van der Waals surface area (Å²) in [6, 6.07) is 14.4. The average molecular weight is 558 g/mol. The highest BCUT2D eigenvalue weighted by molar-refractivity contribution is 7.89. The largest absolute Gasteiger partial charge is 0.493 e. The molecule has 3 aromatic rings. The number of hydrogen-bond acceptors (Lipinski definition) is 6. The SMILES string of the molecule is COc1cc(C2CC=C(C(=O)O)C(c3ccc(Cl)cc3)N2S(=O)(=O)c2ccc(C)cc2)cc(OC)c1OC. The summed E-state index contributed by atoms with van der Waals surface area (Å²) in [6.45, 7) is 1.86. The molecule has 0 bridgehead atoms. The van der Waals surface area contributed by atoms with Gasteiger partial charge in [0.1, 0.15) is 0 Å². The lowest BCUT2D eigenvalue weighted by Gasteiger charge is -2.40. The topological polar surface area (TPSA) is 102 Å². The number of ether oxygens (including phenoxy) is 3. The van der Waals surface area contributed by atoms with E-state index in [4.69, 9.17) is 25.8 Å². The summed E-state index contributed by atoms with van der Waals surface area (Å²) in [6.07, 6.45) is 1.67. The minimum atomic E-state index is -4.22. The van der Waals surface area contributed by atoms with Crippen molar-refractivity contribution in [2.75, 3.05) is 21.3 Å². The number of carboxylic acids is 1. The number of rotatable bonds is 8. The molecule has 0 aliphatic carbocycles. The third kappa shape index (κ3) is 5.09. The molecule has 8 nitrogen and oxygen atoms in total. The van der Waals surface area contributed by atoms with Crippen molar-refractivity contribution in [3.05, 3.63) is 94.0 Å². The molecule has 2 atom stereocenters. The van der Waals surface area contributed by atoms with E-state index in [2.05, 4.69) is 0 Å². The summed E-state index contributed by atoms with van der Waals surface area (Å²) in [7, 11) is 0.206. The highest BCUT2D eigenvalue weighted by Crippen LogP contribution is 2.48. The zero-order valence-corrected chi connectivity index (χ0v) is 22.9. The van der Waals surface area contributed by atoms with Crippen LogP contribution in [0.2, 0.25) is 5.02 Å². The number of carboxylic acid groups (broad SMARTS) is 1. The Balaban J connectivity index is 2.01. The van der Waals surface area contributed by atoms with Crippen LogP contribution in [0.1, 0.15) is 35.2 Å². The number of aliphatic carboxylic acids is 1. The van der Waals surface area contributed by atoms with Crippen molar-refractivity contribution in [3.63, 3.8) is 0 Å². The van der Waals surface area contributed by atoms with Crippen molar-refractivity contribution in [2.24, 2.45) is 0 Å². The van der Waals surface area contributed by atoms with Crippen LogP contribution in [0.3, 0.4) is 0 Å². The molecule has 0 fully saturated rings. The Bertz CT molecular complexity index is 1440. The maximum absolute atomic E-state index is 14.3. The Hall–Kier alpha value is -3.53. The van der Waals surface area contributed by atoms with E-state index < -0.39 is 28.1 Å². The van der Waals surface area contributed by atoms with Crippen LogP contribution in [0.15, 0.2) is 77.2 Å². The molecule has 1 aliphatic heterocycles. The van der Waals surface area contributed by atoms with Gasteiger partial charge in [0.25, 0.3) is 0 Å². The van der Waals surface area contributed by atoms with Gasteiger partial charge in [-0.1, -0.05) is 47.5 Å². The molecule has 0 aromatic heterocycles. The van der Waals surface area contributed by atoms with Crippen LogP contribution in [0.5, 0.6) is 17.2 Å². The quantitative estimate of drug-likeness (QED) is 0.386. The molecule has 1 aliphatic rings. The van der Waals surface area contributed by atoms with Crippen LogP contribution in [-0.4, -0.2) is 45.1 Å². The van der Waals surface area contributed by atoms with E-state index in [0.29, 0.717) is 33.4 Å². The van der Waals surface area contributed by atoms with Gasteiger partial charge in [0.2, 0.25) is 15.8 Å². The molecule has 1 N–H and O–H groups in total. The second kappa shape index (κ2) is 11.1. The number of benzene rings is 3. The van der Waals surface area contributed by atoms with Crippen LogP contribution in [-0.2, 0) is 14.8 Å². The summed E-state index contributed by atoms with van der Waals surface area (Å²) in [5, 5.41) is 10.6. The molecule has 0 saturated carbocycles. The summed E-state index contributed by atoms with van der Waals surface area (Å²) < 4.78 is 46.4. The van der Waals surface area contributed by atoms with Gasteiger partial charge in [0.15, 0.2) is 11.5 Å². The minimum Gasteiger partial charge on any atom is -0.493 e. The van der Waals surface area contributed by atoms with Crippen molar-refractivity contribution < 1.29 is 32.5 Å². The molecule has 10 heteroatoms. The van der Waals surface area contributed by atoms with Crippen LogP contribution in [0.25, 0.3) is 0 Å². The lowest BCUT2D eigenvalue weighted by atomic mass is 9.89. The fourth-order valence-electron chi connectivity index (χ4n) is 4.66. The van der Waals surface area contributed by atoms with Gasteiger partial charge in [-0.2, -0.15) is 4.31 Å². The number of halogens is 1. The average Bonchev–Trinajstić information content (AvgIpc) is 2.91. The third-order valence-electron chi connectivity index (χ3n) is 6.52. The first kappa shape index (κ1) is 27.5. The summed E-state index contributed by atoms with van der Waals surface area (Å²) in [5.41, 5.74) is 1.86. The number of sulfonamides is 1. The van der Waals surface area contributed by atoms with Crippen LogP contribution < -0.4 is 14.2 Å². The number of aryl methyl sites for hydroxylation is 1. The number of carbonyl (C=O) groups is 1. The number of methoxy groups -OCH3 is 3. The maximum Gasteiger partial charge on any atom is 0.333 e. The standard InChI is InChI=1S/C28H28ClNO7S/c1-17-5-11-21(12-6-17)38(33,34)30-23(19-15-24(35-2)27(37-4)25(16-19)36-3)14-13-22(28(31)32)26(30)18-7-9-20(29)10-8-18/h5-13,15-16,23,26H,14H2,1-4H3,(H,31,32). The van der Waals surface area contributed by atoms with Crippen LogP contribution in [0, 0.1) is 6.92 Å². The zero-order valence-electron chi connectivity index (χ0n) is 21.3. The maximum atomic E-state index is 14.3. The lowest BCUT2D eigenvalue weighted by molar-refractivity contribution is -0.133. The van der Waals surface area contributed by atoms with E-state index in [0.717, 1.165) is 5.56 Å². The Labute approximate surface area is 227 Å². The van der Waals surface area contributed by atoms with Gasteiger partial charge in [-0.25, -0.2) is 13.2 Å². The number of nitrogens with zero attached hydrogens (tertiary/aromatic N) is 1. The van der Waals surface area contributed by atoms with Gasteiger partial charge < -0.3 is 19.3 Å². The Kier molecular flexibility index (Phi) is 8.01. The smallest absolute Gasteiger partial charge is 0.333 e. The van der Waals surface area contributed by atoms with E-state index >= 15 is 0 Å². The van der Waals surface area contributed by atoms with Gasteiger partial charge in [-0.15, -0.1) is 0 Å². The van der Waals surface area contributed by atoms with Crippen molar-refractivity contribution in [1.82, 2.24) is 4.31 Å². The monoisotopic (exact) mass is 557 g/mol. The van der Waals surface area contributed by atoms with E-state index in [1.807, 2.05) is 6.92 Å². The molecular formula is C28H28ClNO7S. The van der Waals surface area contributed by atoms with Crippen molar-refractivity contribution >= 4 is 27.6 Å². The first-order chi connectivity index (χ1) is 18.1. The lowest BCUT2D eigenvalue weighted by Crippen LogP contribution is -2.42. The van der Waals surface area contributed by atoms with E-state index in [1.165, 1.54) is 37.8 Å². The molecule has 4 rings (SSSR count). The van der Waals surface area contributed by atoms with Gasteiger partial charge in [-0.05, 0) is 60.9 Å². The van der Waals surface area contributed by atoms with E-state index in [-0.39, 0.29) is 16.9 Å². The van der Waals surface area contributed by atoms with E-state index in [9.17, 15) is 18.3 Å². The molecule has 3 aromatic carbocycles. The van der Waals surface area contributed by atoms with Crippen LogP contribution in [0.4, 0.5) is 0 Å². The number of hydrogen-bond donors (Lipinski definition) is 1. The fraction of sp³-hybridized carbons (Fsp3) is 0.250. The summed E-state index contributed by atoms with van der Waals surface area (Å²) in [4.78, 5) is 12.5. The van der Waals surface area contributed by atoms with Gasteiger partial charge in [-0.3, -0.25) is 0 Å². The molecule has 0 saturated heterocycles. The highest BCUT2D eigenvalue weighted by atomic mass is 35.5. The van der Waals surface area contributed by atoms with Gasteiger partial charge >= 0.3 is 5.97 Å². The normalized spacial score (nSPS) is 18.0. The highest BCUT2D eigenvalue weighted by Gasteiger charge is 2.45. The molecule has 1 heterocycles. The fourth-order valence-corrected chi connectivity index (χ4v) is 6.57. The van der Waals surface area contributed by atoms with Crippen molar-refractivity contribution in [3.8, 4) is 17.2 Å². The molecule has 200 valence electrons. The predicted octanol–water partition coefficient (Wildman–Crippen LogP) is 5.56. The van der Waals surface area contributed by atoms with Gasteiger partial charge in [0, 0.05) is 5.02 Å². The van der Waals surface area contributed by atoms with Crippen molar-refractivity contribution in [1.29, 1.82) is 0 Å². The zero-order chi connectivity index (χ0) is 27.6. The second-order valence-electron chi connectivity index (χ2n) is 8.78. The Morgan fingerprint density at radius 1 is 0.921 bits per heavy atom. The predicted molar refractivity (Wildman–Crippen MR) is 144 cm³/mol. The molecule has 38 heavy (non-hydrogen) atoms. The Morgan fingerprint density at radius 2 is 1.50 bits per heavy atom. The van der Waals surface area contributed by atoms with Crippen LogP contribution >= 0.6 is 11.6 Å².